The summed E-state index contributed by atoms with van der Waals surface area (Å²) in [4.78, 5) is 0. The van der Waals surface area contributed by atoms with E-state index in [1.807, 2.05) is 11.7 Å². The highest BCUT2D eigenvalue weighted by atomic mass is 16.5. The zero-order valence-electron chi connectivity index (χ0n) is 7.21. The second-order valence-electron chi connectivity index (χ2n) is 3.00. The first-order valence-electron chi connectivity index (χ1n) is 4.14. The summed E-state index contributed by atoms with van der Waals surface area (Å²) in [7, 11) is 1.96. The van der Waals surface area contributed by atoms with Gasteiger partial charge in [-0.2, -0.15) is 5.10 Å². The maximum atomic E-state index is 5.56. The van der Waals surface area contributed by atoms with Crippen LogP contribution in [0.15, 0.2) is 0 Å². The Balaban J connectivity index is 2.47. The van der Waals surface area contributed by atoms with E-state index in [0.717, 1.165) is 18.7 Å². The number of rotatable bonds is 1. The minimum atomic E-state index is 0.506. The molecule has 2 rings (SSSR count). The molecule has 4 heteroatoms. The molecule has 2 N–H and O–H groups in total. The number of hydrogen-bond acceptors (Lipinski definition) is 3. The van der Waals surface area contributed by atoms with E-state index in [9.17, 15) is 0 Å². The lowest BCUT2D eigenvalue weighted by Crippen LogP contribution is -2.12. The van der Waals surface area contributed by atoms with Crippen LogP contribution < -0.4 is 5.73 Å². The molecular weight excluding hydrogens is 154 g/mol. The van der Waals surface area contributed by atoms with Gasteiger partial charge in [0.25, 0.3) is 0 Å². The Morgan fingerprint density at radius 1 is 1.67 bits per heavy atom. The van der Waals surface area contributed by atoms with E-state index in [1.54, 1.807) is 0 Å². The fourth-order valence-electron chi connectivity index (χ4n) is 1.65. The highest BCUT2D eigenvalue weighted by Gasteiger charge is 2.18. The SMILES string of the molecule is Cn1nc(CN)c2c1CCOC2. The van der Waals surface area contributed by atoms with Crippen LogP contribution >= 0.6 is 0 Å². The standard InChI is InChI=1S/C8H13N3O/c1-11-8-2-3-12-5-6(8)7(4-9)10-11/h2-5,9H2,1H3. The van der Waals surface area contributed by atoms with Crippen molar-refractivity contribution in [1.29, 1.82) is 0 Å². The first-order valence-corrected chi connectivity index (χ1v) is 4.14. The molecule has 0 atom stereocenters. The van der Waals surface area contributed by atoms with Crippen molar-refractivity contribution in [2.45, 2.75) is 19.6 Å². The molecular formula is C8H13N3O. The van der Waals surface area contributed by atoms with Crippen molar-refractivity contribution >= 4 is 0 Å². The Kier molecular flexibility index (Phi) is 1.86. The van der Waals surface area contributed by atoms with Crippen LogP contribution in [0.2, 0.25) is 0 Å². The van der Waals surface area contributed by atoms with Gasteiger partial charge in [0.05, 0.1) is 18.9 Å². The number of hydrogen-bond donors (Lipinski definition) is 1. The molecule has 12 heavy (non-hydrogen) atoms. The van der Waals surface area contributed by atoms with Crippen molar-refractivity contribution in [1.82, 2.24) is 9.78 Å². The monoisotopic (exact) mass is 167 g/mol. The first kappa shape index (κ1) is 7.76. The average Bonchev–Trinajstić information content (AvgIpc) is 2.44. The largest absolute Gasteiger partial charge is 0.376 e. The molecule has 1 aromatic heterocycles. The molecule has 0 amide bonds. The minimum absolute atomic E-state index is 0.506. The van der Waals surface area contributed by atoms with E-state index in [2.05, 4.69) is 5.10 Å². The summed E-state index contributed by atoms with van der Waals surface area (Å²) < 4.78 is 7.26. The average molecular weight is 167 g/mol. The Morgan fingerprint density at radius 2 is 2.50 bits per heavy atom. The number of aryl methyl sites for hydroxylation is 1. The van der Waals surface area contributed by atoms with Gasteiger partial charge in [0.1, 0.15) is 0 Å². The molecule has 0 fully saturated rings. The smallest absolute Gasteiger partial charge is 0.0818 e. The third-order valence-corrected chi connectivity index (χ3v) is 2.28. The van der Waals surface area contributed by atoms with Crippen molar-refractivity contribution in [3.05, 3.63) is 17.0 Å². The molecule has 0 aromatic carbocycles. The number of nitrogens with two attached hydrogens (primary N) is 1. The van der Waals surface area contributed by atoms with Gasteiger partial charge < -0.3 is 10.5 Å². The van der Waals surface area contributed by atoms with E-state index in [4.69, 9.17) is 10.5 Å². The number of aromatic nitrogens is 2. The fraction of sp³-hybridized carbons (Fsp3) is 0.625. The topological polar surface area (TPSA) is 53.1 Å². The Hall–Kier alpha value is -0.870. The van der Waals surface area contributed by atoms with E-state index in [-0.39, 0.29) is 0 Å². The van der Waals surface area contributed by atoms with E-state index in [0.29, 0.717) is 13.2 Å². The van der Waals surface area contributed by atoms with Gasteiger partial charge in [0, 0.05) is 31.3 Å². The van der Waals surface area contributed by atoms with Crippen molar-refractivity contribution in [2.24, 2.45) is 12.8 Å². The van der Waals surface area contributed by atoms with Gasteiger partial charge in [-0.25, -0.2) is 0 Å². The quantitative estimate of drug-likeness (QED) is 0.638. The normalized spacial score (nSPS) is 16.2. The van der Waals surface area contributed by atoms with Crippen LogP contribution in [0.25, 0.3) is 0 Å². The van der Waals surface area contributed by atoms with E-state index < -0.39 is 0 Å². The Morgan fingerprint density at radius 3 is 3.25 bits per heavy atom. The van der Waals surface area contributed by atoms with Crippen LogP contribution in [0.1, 0.15) is 17.0 Å². The molecule has 0 saturated carbocycles. The van der Waals surface area contributed by atoms with Gasteiger partial charge in [-0.1, -0.05) is 0 Å². The lowest BCUT2D eigenvalue weighted by molar-refractivity contribution is 0.108. The van der Waals surface area contributed by atoms with Gasteiger partial charge in [0.2, 0.25) is 0 Å². The lowest BCUT2D eigenvalue weighted by atomic mass is 10.1. The minimum Gasteiger partial charge on any atom is -0.376 e. The second-order valence-corrected chi connectivity index (χ2v) is 3.00. The Labute approximate surface area is 71.3 Å². The summed E-state index contributed by atoms with van der Waals surface area (Å²) in [5.41, 5.74) is 9.01. The lowest BCUT2D eigenvalue weighted by Gasteiger charge is -2.13. The first-order chi connectivity index (χ1) is 5.83. The predicted octanol–water partition coefficient (Wildman–Crippen LogP) is -0.0485. The molecule has 1 aliphatic heterocycles. The molecule has 0 bridgehead atoms. The molecule has 0 unspecified atom stereocenters. The molecule has 0 aliphatic carbocycles. The van der Waals surface area contributed by atoms with Crippen LogP contribution in [-0.4, -0.2) is 16.4 Å². The number of nitrogens with zero attached hydrogens (tertiary/aromatic N) is 2. The molecule has 2 heterocycles. The van der Waals surface area contributed by atoms with Gasteiger partial charge in [-0.05, 0) is 0 Å². The molecule has 66 valence electrons. The predicted molar refractivity (Wildman–Crippen MR) is 44.5 cm³/mol. The number of ether oxygens (including phenoxy) is 1. The van der Waals surface area contributed by atoms with Crippen molar-refractivity contribution in [3.8, 4) is 0 Å². The maximum absolute atomic E-state index is 5.56. The molecule has 0 radical (unpaired) electrons. The Bertz CT molecular complexity index is 293. The third-order valence-electron chi connectivity index (χ3n) is 2.28. The maximum Gasteiger partial charge on any atom is 0.0818 e. The molecule has 0 saturated heterocycles. The summed E-state index contributed by atoms with van der Waals surface area (Å²) >= 11 is 0. The highest BCUT2D eigenvalue weighted by Crippen LogP contribution is 2.19. The van der Waals surface area contributed by atoms with Crippen LogP contribution in [-0.2, 0) is 31.4 Å². The zero-order valence-corrected chi connectivity index (χ0v) is 7.21. The third kappa shape index (κ3) is 1.04. The zero-order chi connectivity index (χ0) is 8.55. The van der Waals surface area contributed by atoms with Gasteiger partial charge in [0.15, 0.2) is 0 Å². The van der Waals surface area contributed by atoms with Crippen LogP contribution in [0.5, 0.6) is 0 Å². The summed E-state index contributed by atoms with van der Waals surface area (Å²) in [6, 6.07) is 0. The van der Waals surface area contributed by atoms with Gasteiger partial charge in [-0.3, -0.25) is 4.68 Å². The molecule has 1 aromatic rings. The summed E-state index contributed by atoms with van der Waals surface area (Å²) in [6.45, 7) is 1.98. The second kappa shape index (κ2) is 2.88. The molecule has 0 spiro atoms. The van der Waals surface area contributed by atoms with Gasteiger partial charge in [-0.15, -0.1) is 0 Å². The van der Waals surface area contributed by atoms with Gasteiger partial charge >= 0.3 is 0 Å². The summed E-state index contributed by atoms with van der Waals surface area (Å²) in [5.74, 6) is 0. The summed E-state index contributed by atoms with van der Waals surface area (Å²) in [5, 5.41) is 4.32. The van der Waals surface area contributed by atoms with E-state index in [1.165, 1.54) is 11.3 Å². The van der Waals surface area contributed by atoms with Crippen LogP contribution in [0.3, 0.4) is 0 Å². The van der Waals surface area contributed by atoms with Crippen molar-refractivity contribution < 1.29 is 4.74 Å². The highest BCUT2D eigenvalue weighted by molar-refractivity contribution is 5.27. The van der Waals surface area contributed by atoms with Crippen LogP contribution in [0.4, 0.5) is 0 Å². The van der Waals surface area contributed by atoms with Crippen LogP contribution in [0, 0.1) is 0 Å². The van der Waals surface area contributed by atoms with Crippen molar-refractivity contribution in [2.75, 3.05) is 6.61 Å². The number of fused-ring (bicyclic) bond motifs is 1. The van der Waals surface area contributed by atoms with Crippen molar-refractivity contribution in [3.63, 3.8) is 0 Å². The van der Waals surface area contributed by atoms with E-state index >= 15 is 0 Å². The fourth-order valence-corrected chi connectivity index (χ4v) is 1.65. The summed E-state index contributed by atoms with van der Waals surface area (Å²) in [6.07, 6.45) is 0.957. The molecule has 4 nitrogen and oxygen atoms in total. The molecule has 1 aliphatic rings.